The number of anilines is 1. The number of nitrogens with one attached hydrogen (secondary N) is 1. The van der Waals surface area contributed by atoms with Crippen molar-refractivity contribution in [3.05, 3.63) is 76.8 Å². The number of aryl methyl sites for hydroxylation is 2. The molecule has 4 heteroatoms. The molecule has 0 bridgehead atoms. The van der Waals surface area contributed by atoms with Crippen LogP contribution in [-0.2, 0) is 4.74 Å². The minimum atomic E-state index is -0.176. The number of nitrogens with zero attached hydrogens (tertiary/aromatic N) is 1. The van der Waals surface area contributed by atoms with Crippen molar-refractivity contribution in [2.45, 2.75) is 34.1 Å². The average molecular weight is 350 g/mol. The first-order valence-electron chi connectivity index (χ1n) is 8.72. The largest absolute Gasteiger partial charge is 0.501 e. The zero-order chi connectivity index (χ0) is 19.1. The van der Waals surface area contributed by atoms with E-state index in [1.54, 1.807) is 19.4 Å². The van der Waals surface area contributed by atoms with Crippen molar-refractivity contribution in [1.29, 1.82) is 0 Å². The number of carbonyl (C=O) groups excluding carboxylic acids is 1. The standard InChI is InChI=1S/C22H26N2O2/c1-6-7-8-20(17(4)26-5)21-12-10-18(14-23-21)22(25)24-19-11-9-15(2)16(3)13-19/h7-14H,6H2,1-5H3,(H,24,25)/b8-7-,20-17-. The highest BCUT2D eigenvalue weighted by Crippen LogP contribution is 2.20. The monoisotopic (exact) mass is 350 g/mol. The Balaban J connectivity index is 2.21. The third-order valence-electron chi connectivity index (χ3n) is 4.27. The number of pyridine rings is 1. The minimum Gasteiger partial charge on any atom is -0.501 e. The lowest BCUT2D eigenvalue weighted by atomic mass is 10.1. The van der Waals surface area contributed by atoms with Crippen molar-refractivity contribution in [1.82, 2.24) is 4.98 Å². The second-order valence-electron chi connectivity index (χ2n) is 6.17. The molecule has 0 atom stereocenters. The predicted molar refractivity (Wildman–Crippen MR) is 107 cm³/mol. The molecule has 0 aliphatic rings. The van der Waals surface area contributed by atoms with Crippen molar-refractivity contribution < 1.29 is 9.53 Å². The number of hydrogen-bond acceptors (Lipinski definition) is 3. The van der Waals surface area contributed by atoms with E-state index >= 15 is 0 Å². The fourth-order valence-corrected chi connectivity index (χ4v) is 2.44. The molecule has 0 aliphatic heterocycles. The molecule has 2 rings (SSSR count). The molecule has 136 valence electrons. The molecule has 1 heterocycles. The normalized spacial score (nSPS) is 12.0. The van der Waals surface area contributed by atoms with Crippen LogP contribution in [0.4, 0.5) is 5.69 Å². The highest BCUT2D eigenvalue weighted by atomic mass is 16.5. The second-order valence-corrected chi connectivity index (χ2v) is 6.17. The summed E-state index contributed by atoms with van der Waals surface area (Å²) in [4.78, 5) is 16.9. The summed E-state index contributed by atoms with van der Waals surface area (Å²) in [6.07, 6.45) is 6.57. The van der Waals surface area contributed by atoms with E-state index in [0.29, 0.717) is 5.56 Å². The smallest absolute Gasteiger partial charge is 0.257 e. The van der Waals surface area contributed by atoms with E-state index in [4.69, 9.17) is 4.74 Å². The first-order chi connectivity index (χ1) is 12.5. The number of allylic oxidation sites excluding steroid dienone is 4. The fraction of sp³-hybridized carbons (Fsp3) is 0.273. The molecule has 4 nitrogen and oxygen atoms in total. The Morgan fingerprint density at radius 3 is 2.54 bits per heavy atom. The van der Waals surface area contributed by atoms with Gasteiger partial charge >= 0.3 is 0 Å². The van der Waals surface area contributed by atoms with E-state index in [-0.39, 0.29) is 5.91 Å². The van der Waals surface area contributed by atoms with Gasteiger partial charge in [0.05, 0.1) is 18.4 Å². The summed E-state index contributed by atoms with van der Waals surface area (Å²) < 4.78 is 5.35. The minimum absolute atomic E-state index is 0.176. The number of carbonyl (C=O) groups is 1. The highest BCUT2D eigenvalue weighted by Gasteiger charge is 2.10. The van der Waals surface area contributed by atoms with Crippen molar-refractivity contribution in [3.8, 4) is 0 Å². The van der Waals surface area contributed by atoms with Gasteiger partial charge < -0.3 is 10.1 Å². The van der Waals surface area contributed by atoms with Gasteiger partial charge in [-0.2, -0.15) is 0 Å². The molecule has 1 aromatic heterocycles. The summed E-state index contributed by atoms with van der Waals surface area (Å²) in [6.45, 7) is 8.04. The lowest BCUT2D eigenvalue weighted by Crippen LogP contribution is -2.12. The highest BCUT2D eigenvalue weighted by molar-refractivity contribution is 6.04. The Labute approximate surface area is 155 Å². The van der Waals surface area contributed by atoms with E-state index < -0.39 is 0 Å². The van der Waals surface area contributed by atoms with Crippen LogP contribution >= 0.6 is 0 Å². The Morgan fingerprint density at radius 1 is 1.19 bits per heavy atom. The molecule has 1 N–H and O–H groups in total. The van der Waals surface area contributed by atoms with Crippen LogP contribution in [0.1, 0.15) is 47.4 Å². The van der Waals surface area contributed by atoms with E-state index in [1.807, 2.05) is 51.1 Å². The van der Waals surface area contributed by atoms with Crippen molar-refractivity contribution in [3.63, 3.8) is 0 Å². The molecule has 0 fully saturated rings. The summed E-state index contributed by atoms with van der Waals surface area (Å²) in [5, 5.41) is 2.91. The number of amides is 1. The van der Waals surface area contributed by atoms with Crippen LogP contribution in [0.15, 0.2) is 54.4 Å². The Bertz CT molecular complexity index is 834. The summed E-state index contributed by atoms with van der Waals surface area (Å²) in [6, 6.07) is 9.49. The van der Waals surface area contributed by atoms with E-state index in [2.05, 4.69) is 23.3 Å². The molecule has 26 heavy (non-hydrogen) atoms. The third kappa shape index (κ3) is 4.82. The lowest BCUT2D eigenvalue weighted by molar-refractivity contribution is 0.102. The van der Waals surface area contributed by atoms with Crippen LogP contribution < -0.4 is 5.32 Å². The summed E-state index contributed by atoms with van der Waals surface area (Å²) in [5.41, 5.74) is 5.32. The maximum Gasteiger partial charge on any atom is 0.257 e. The first kappa shape index (κ1) is 19.4. The van der Waals surface area contributed by atoms with Gasteiger partial charge in [-0.05, 0) is 62.6 Å². The van der Waals surface area contributed by atoms with Gasteiger partial charge in [0.1, 0.15) is 5.76 Å². The Kier molecular flexibility index (Phi) is 6.73. The van der Waals surface area contributed by atoms with Gasteiger partial charge in [-0.15, -0.1) is 0 Å². The van der Waals surface area contributed by atoms with Gasteiger partial charge in [0, 0.05) is 17.5 Å². The van der Waals surface area contributed by atoms with Crippen molar-refractivity contribution in [2.24, 2.45) is 0 Å². The van der Waals surface area contributed by atoms with E-state index in [0.717, 1.165) is 34.7 Å². The van der Waals surface area contributed by atoms with Crippen LogP contribution in [0.25, 0.3) is 5.57 Å². The summed E-state index contributed by atoms with van der Waals surface area (Å²) >= 11 is 0. The maximum atomic E-state index is 12.5. The van der Waals surface area contributed by atoms with E-state index in [9.17, 15) is 4.79 Å². The van der Waals surface area contributed by atoms with Gasteiger partial charge in [-0.1, -0.05) is 25.1 Å². The predicted octanol–water partition coefficient (Wildman–Crippen LogP) is 5.29. The molecule has 0 spiro atoms. The maximum absolute atomic E-state index is 12.5. The van der Waals surface area contributed by atoms with Gasteiger partial charge in [0.15, 0.2) is 0 Å². The number of hydrogen-bond donors (Lipinski definition) is 1. The fourth-order valence-electron chi connectivity index (χ4n) is 2.44. The van der Waals surface area contributed by atoms with Gasteiger partial charge in [0.2, 0.25) is 0 Å². The summed E-state index contributed by atoms with van der Waals surface area (Å²) in [7, 11) is 1.64. The SMILES string of the molecule is CC/C=C\C(=C(/C)OC)c1ccc(C(=O)Nc2ccc(C)c(C)c2)cn1. The van der Waals surface area contributed by atoms with Crippen LogP contribution in [0.5, 0.6) is 0 Å². The topological polar surface area (TPSA) is 51.2 Å². The van der Waals surface area contributed by atoms with Gasteiger partial charge in [-0.25, -0.2) is 0 Å². The van der Waals surface area contributed by atoms with E-state index in [1.165, 1.54) is 5.56 Å². The van der Waals surface area contributed by atoms with Crippen LogP contribution in [0.2, 0.25) is 0 Å². The molecule has 0 aliphatic carbocycles. The molecule has 2 aromatic rings. The summed E-state index contributed by atoms with van der Waals surface area (Å²) in [5.74, 6) is 0.611. The molecule has 0 radical (unpaired) electrons. The molecule has 0 saturated heterocycles. The Morgan fingerprint density at radius 2 is 1.96 bits per heavy atom. The number of benzene rings is 1. The zero-order valence-corrected chi connectivity index (χ0v) is 16.1. The van der Waals surface area contributed by atoms with Crippen molar-refractivity contribution in [2.75, 3.05) is 12.4 Å². The lowest BCUT2D eigenvalue weighted by Gasteiger charge is -2.10. The quantitative estimate of drug-likeness (QED) is 0.568. The molecule has 0 unspecified atom stereocenters. The van der Waals surface area contributed by atoms with Crippen LogP contribution in [0, 0.1) is 13.8 Å². The number of ether oxygens (including phenoxy) is 1. The Hall–Kier alpha value is -2.88. The average Bonchev–Trinajstić information content (AvgIpc) is 2.65. The number of methoxy groups -OCH3 is 1. The number of rotatable bonds is 6. The van der Waals surface area contributed by atoms with Crippen molar-refractivity contribution >= 4 is 17.2 Å². The number of aromatic nitrogens is 1. The van der Waals surface area contributed by atoms with Crippen LogP contribution in [0.3, 0.4) is 0 Å². The second kappa shape index (κ2) is 8.99. The molecule has 0 saturated carbocycles. The van der Waals surface area contributed by atoms with Gasteiger partial charge in [-0.3, -0.25) is 9.78 Å². The zero-order valence-electron chi connectivity index (χ0n) is 16.1. The molecular formula is C22H26N2O2. The third-order valence-corrected chi connectivity index (χ3v) is 4.27. The van der Waals surface area contributed by atoms with Gasteiger partial charge in [0.25, 0.3) is 5.91 Å². The van der Waals surface area contributed by atoms with Crippen LogP contribution in [-0.4, -0.2) is 18.0 Å². The first-order valence-corrected chi connectivity index (χ1v) is 8.72. The molecular weight excluding hydrogens is 324 g/mol. The molecule has 1 aromatic carbocycles. The molecule has 1 amide bonds.